The molecule has 1 amide bonds. The molecule has 1 aliphatic rings. The highest BCUT2D eigenvalue weighted by Gasteiger charge is 2.45. The molecule has 2 heterocycles. The van der Waals surface area contributed by atoms with E-state index >= 15 is 0 Å². The van der Waals surface area contributed by atoms with Gasteiger partial charge in [-0.15, -0.1) is 0 Å². The molecule has 2 atom stereocenters. The average Bonchev–Trinajstić information content (AvgIpc) is 3.06. The number of carbonyl (C=O) groups is 1. The Morgan fingerprint density at radius 1 is 1.21 bits per heavy atom. The highest BCUT2D eigenvalue weighted by Crippen LogP contribution is 2.36. The second-order valence-electron chi connectivity index (χ2n) is 8.06. The van der Waals surface area contributed by atoms with Gasteiger partial charge in [-0.05, 0) is 44.6 Å². The lowest BCUT2D eigenvalue weighted by atomic mass is 9.79. The Morgan fingerprint density at radius 3 is 2.59 bits per heavy atom. The number of carbonyl (C=O) groups excluding carboxylic acids is 1. The molecule has 0 spiro atoms. The van der Waals surface area contributed by atoms with E-state index in [2.05, 4.69) is 4.98 Å². The van der Waals surface area contributed by atoms with Crippen molar-refractivity contribution in [2.75, 3.05) is 27.2 Å². The summed E-state index contributed by atoms with van der Waals surface area (Å²) < 4.78 is 14.1. The molecule has 1 aromatic heterocycles. The van der Waals surface area contributed by atoms with Crippen LogP contribution in [0.1, 0.15) is 28.0 Å². The van der Waals surface area contributed by atoms with Crippen LogP contribution in [0.4, 0.5) is 4.39 Å². The van der Waals surface area contributed by atoms with Gasteiger partial charge in [0.05, 0.1) is 11.6 Å². The normalized spacial score (nSPS) is 22.4. The first-order valence-corrected chi connectivity index (χ1v) is 9.83. The maximum absolute atomic E-state index is 14.1. The van der Waals surface area contributed by atoms with E-state index < -0.39 is 5.60 Å². The van der Waals surface area contributed by atoms with Crippen molar-refractivity contribution in [3.05, 3.63) is 71.2 Å². The van der Waals surface area contributed by atoms with E-state index in [1.807, 2.05) is 62.3 Å². The number of amides is 1. The van der Waals surface area contributed by atoms with Crippen LogP contribution in [0.15, 0.2) is 48.5 Å². The van der Waals surface area contributed by atoms with E-state index in [4.69, 9.17) is 0 Å². The van der Waals surface area contributed by atoms with E-state index in [1.54, 1.807) is 11.0 Å². The number of para-hydroxylation sites is 1. The third kappa shape index (κ3) is 3.22. The summed E-state index contributed by atoms with van der Waals surface area (Å²) in [5, 5.41) is 12.2. The fourth-order valence-corrected chi connectivity index (χ4v) is 4.45. The van der Waals surface area contributed by atoms with Crippen LogP contribution < -0.4 is 0 Å². The third-order valence-electron chi connectivity index (χ3n) is 6.15. The van der Waals surface area contributed by atoms with Gasteiger partial charge in [-0.2, -0.15) is 0 Å². The monoisotopic (exact) mass is 395 g/mol. The number of aliphatic hydroxyl groups is 1. The number of rotatable bonds is 3. The summed E-state index contributed by atoms with van der Waals surface area (Å²) in [5.41, 5.74) is 1.33. The smallest absolute Gasteiger partial charge is 0.270 e. The third-order valence-corrected chi connectivity index (χ3v) is 6.15. The van der Waals surface area contributed by atoms with Crippen molar-refractivity contribution < 1.29 is 14.3 Å². The molecule has 6 heteroatoms. The van der Waals surface area contributed by atoms with E-state index in [0.29, 0.717) is 30.7 Å². The Balaban J connectivity index is 1.65. The first kappa shape index (κ1) is 19.6. The first-order chi connectivity index (χ1) is 13.8. The van der Waals surface area contributed by atoms with Gasteiger partial charge in [0.2, 0.25) is 0 Å². The summed E-state index contributed by atoms with van der Waals surface area (Å²) >= 11 is 0. The average molecular weight is 395 g/mol. The number of likely N-dealkylation sites (N-methyl/N-ethyl adjacent to an activating group) is 1. The molecule has 0 radical (unpaired) electrons. The number of aryl methyl sites for hydroxylation is 1. The van der Waals surface area contributed by atoms with Crippen LogP contribution in [-0.4, -0.2) is 59.0 Å². The quantitative estimate of drug-likeness (QED) is 0.716. The molecule has 1 saturated heterocycles. The second-order valence-corrected chi connectivity index (χ2v) is 8.06. The van der Waals surface area contributed by atoms with Crippen molar-refractivity contribution in [2.24, 2.45) is 0 Å². The lowest BCUT2D eigenvalue weighted by Gasteiger charge is -2.47. The molecule has 1 fully saturated rings. The van der Waals surface area contributed by atoms with Crippen molar-refractivity contribution in [1.29, 1.82) is 0 Å². The fourth-order valence-electron chi connectivity index (χ4n) is 4.45. The molecule has 0 saturated carbocycles. The molecule has 2 N–H and O–H groups in total. The number of aromatic nitrogens is 1. The van der Waals surface area contributed by atoms with E-state index in [1.165, 1.54) is 6.07 Å². The number of hydrogen-bond acceptors (Lipinski definition) is 3. The number of H-pyrrole nitrogens is 1. The number of aromatic amines is 1. The van der Waals surface area contributed by atoms with Gasteiger partial charge in [0.1, 0.15) is 17.1 Å². The summed E-state index contributed by atoms with van der Waals surface area (Å²) in [5.74, 6) is -0.534. The van der Waals surface area contributed by atoms with Crippen LogP contribution in [0.25, 0.3) is 10.9 Å². The lowest BCUT2D eigenvalue weighted by molar-refractivity contribution is -0.0811. The Bertz CT molecular complexity index is 1050. The molecular weight excluding hydrogens is 369 g/mol. The van der Waals surface area contributed by atoms with Crippen LogP contribution in [0.3, 0.4) is 0 Å². The highest BCUT2D eigenvalue weighted by molar-refractivity contribution is 6.01. The Morgan fingerprint density at radius 2 is 1.93 bits per heavy atom. The molecule has 2 aromatic carbocycles. The van der Waals surface area contributed by atoms with Gasteiger partial charge in [0.25, 0.3) is 5.91 Å². The number of nitrogens with one attached hydrogen (secondary N) is 1. The summed E-state index contributed by atoms with van der Waals surface area (Å²) in [4.78, 5) is 20.0. The standard InChI is InChI=1S/C23H26FN3O2/c1-15-17-10-7-11-18(24)21(17)25-20(15)22(28)27-13-12-23(29,19(14-27)26(2)3)16-8-5-4-6-9-16/h4-11,19,25,29H,12-14H2,1-3H3/t19-,23+/m1/s1. The molecule has 4 rings (SSSR count). The summed E-state index contributed by atoms with van der Waals surface area (Å²) in [6.45, 7) is 2.64. The number of nitrogens with zero attached hydrogens (tertiary/aromatic N) is 2. The predicted molar refractivity (Wildman–Crippen MR) is 111 cm³/mol. The van der Waals surface area contributed by atoms with Crippen molar-refractivity contribution >= 4 is 16.8 Å². The van der Waals surface area contributed by atoms with Gasteiger partial charge >= 0.3 is 0 Å². The predicted octanol–water partition coefficient (Wildman–Crippen LogP) is 3.28. The van der Waals surface area contributed by atoms with Gasteiger partial charge in [0, 0.05) is 18.5 Å². The largest absolute Gasteiger partial charge is 0.383 e. The van der Waals surface area contributed by atoms with Crippen molar-refractivity contribution in [3.63, 3.8) is 0 Å². The minimum absolute atomic E-state index is 0.167. The van der Waals surface area contributed by atoms with Gasteiger partial charge in [-0.3, -0.25) is 4.79 Å². The molecule has 0 aliphatic carbocycles. The molecule has 3 aromatic rings. The summed E-state index contributed by atoms with van der Waals surface area (Å²) in [6, 6.07) is 14.2. The molecule has 29 heavy (non-hydrogen) atoms. The molecule has 0 unspecified atom stereocenters. The molecule has 152 valence electrons. The topological polar surface area (TPSA) is 59.6 Å². The number of benzene rings is 2. The zero-order chi connectivity index (χ0) is 20.8. The number of piperidine rings is 1. The number of hydrogen-bond donors (Lipinski definition) is 2. The molecule has 0 bridgehead atoms. The van der Waals surface area contributed by atoms with E-state index in [0.717, 1.165) is 16.5 Å². The second kappa shape index (κ2) is 7.28. The fraction of sp³-hybridized carbons (Fsp3) is 0.348. The van der Waals surface area contributed by atoms with E-state index in [-0.39, 0.29) is 17.8 Å². The zero-order valence-corrected chi connectivity index (χ0v) is 16.9. The van der Waals surface area contributed by atoms with Crippen molar-refractivity contribution in [2.45, 2.75) is 25.0 Å². The van der Waals surface area contributed by atoms with Gasteiger partial charge < -0.3 is 19.9 Å². The Kier molecular flexibility index (Phi) is 4.92. The van der Waals surface area contributed by atoms with Crippen LogP contribution >= 0.6 is 0 Å². The Hall–Kier alpha value is -2.70. The number of likely N-dealkylation sites (tertiary alicyclic amines) is 1. The SMILES string of the molecule is Cc1c(C(=O)N2CC[C@](O)(c3ccccc3)[C@H](N(C)C)C2)[nH]c2c(F)cccc12. The molecule has 5 nitrogen and oxygen atoms in total. The summed E-state index contributed by atoms with van der Waals surface area (Å²) in [7, 11) is 3.83. The van der Waals surface area contributed by atoms with E-state index in [9.17, 15) is 14.3 Å². The van der Waals surface area contributed by atoms with Crippen LogP contribution in [0.5, 0.6) is 0 Å². The highest BCUT2D eigenvalue weighted by atomic mass is 19.1. The minimum atomic E-state index is -1.04. The lowest BCUT2D eigenvalue weighted by Crippen LogP contribution is -2.60. The van der Waals surface area contributed by atoms with Crippen molar-refractivity contribution in [1.82, 2.24) is 14.8 Å². The van der Waals surface area contributed by atoms with Gasteiger partial charge in [0.15, 0.2) is 0 Å². The maximum Gasteiger partial charge on any atom is 0.270 e. The zero-order valence-electron chi connectivity index (χ0n) is 16.9. The number of halogens is 1. The number of fused-ring (bicyclic) bond motifs is 1. The first-order valence-electron chi connectivity index (χ1n) is 9.83. The van der Waals surface area contributed by atoms with Crippen LogP contribution in [-0.2, 0) is 5.60 Å². The Labute approximate surface area is 169 Å². The van der Waals surface area contributed by atoms with Gasteiger partial charge in [-0.25, -0.2) is 4.39 Å². The summed E-state index contributed by atoms with van der Waals surface area (Å²) in [6.07, 6.45) is 0.430. The molecule has 1 aliphatic heterocycles. The minimum Gasteiger partial charge on any atom is -0.383 e. The van der Waals surface area contributed by atoms with Crippen LogP contribution in [0.2, 0.25) is 0 Å². The molecular formula is C23H26FN3O2. The van der Waals surface area contributed by atoms with Gasteiger partial charge in [-0.1, -0.05) is 42.5 Å². The maximum atomic E-state index is 14.1. The van der Waals surface area contributed by atoms with Crippen LogP contribution in [0, 0.1) is 12.7 Å². The van der Waals surface area contributed by atoms with Crippen molar-refractivity contribution in [3.8, 4) is 0 Å².